The van der Waals surface area contributed by atoms with Gasteiger partial charge in [-0.3, -0.25) is 14.4 Å². The first-order valence-corrected chi connectivity index (χ1v) is 12.6. The molecule has 4 N–H and O–H groups in total. The molecule has 10 nitrogen and oxygen atoms in total. The number of benzene rings is 2. The number of carbonyl (C=O) groups excluding carboxylic acids is 3. The van der Waals surface area contributed by atoms with Crippen molar-refractivity contribution in [2.24, 2.45) is 0 Å². The molecular weight excluding hydrogens is 502 g/mol. The molecule has 0 fully saturated rings. The van der Waals surface area contributed by atoms with Crippen LogP contribution in [0.25, 0.3) is 11.0 Å². The maximum Gasteiger partial charge on any atom is 0.194 e. The van der Waals surface area contributed by atoms with Crippen LogP contribution in [0.5, 0.6) is 17.2 Å². The Labute approximate surface area is 224 Å². The molecule has 2 heterocycles. The summed E-state index contributed by atoms with van der Waals surface area (Å²) in [6.07, 6.45) is 0.395. The third kappa shape index (κ3) is 3.74. The third-order valence-electron chi connectivity index (χ3n) is 7.54. The second-order valence-corrected chi connectivity index (χ2v) is 10.1. The number of aliphatic hydroxyl groups is 1. The molecular formula is C29H29N3O7. The molecule has 0 unspecified atom stereocenters. The fourth-order valence-corrected chi connectivity index (χ4v) is 5.45. The lowest BCUT2D eigenvalue weighted by molar-refractivity contribution is -0.123. The van der Waals surface area contributed by atoms with Crippen LogP contribution in [0.3, 0.4) is 0 Å². The zero-order chi connectivity index (χ0) is 28.4. The molecule has 202 valence electrons. The lowest BCUT2D eigenvalue weighted by Gasteiger charge is -2.29. The van der Waals surface area contributed by atoms with Gasteiger partial charge < -0.3 is 29.9 Å². The Hall–Kier alpha value is -4.44. The Morgan fingerprint density at radius 1 is 1.18 bits per heavy atom. The summed E-state index contributed by atoms with van der Waals surface area (Å²) in [5.41, 5.74) is 0.185. The number of nitrogens with one attached hydrogen (secondary N) is 1. The maximum atomic E-state index is 13.9. The van der Waals surface area contributed by atoms with Crippen molar-refractivity contribution in [1.82, 2.24) is 14.9 Å². The predicted octanol–water partition coefficient (Wildman–Crippen LogP) is 3.26. The molecule has 0 saturated carbocycles. The van der Waals surface area contributed by atoms with Crippen LogP contribution in [0.15, 0.2) is 47.4 Å². The van der Waals surface area contributed by atoms with E-state index in [9.17, 15) is 29.7 Å². The molecule has 2 atom stereocenters. The summed E-state index contributed by atoms with van der Waals surface area (Å²) in [6, 6.07) is 7.51. The molecule has 0 saturated heterocycles. The quantitative estimate of drug-likeness (QED) is 0.213. The number of phenols is 2. The number of para-hydroxylation sites is 2. The second kappa shape index (κ2) is 9.09. The lowest BCUT2D eigenvalue weighted by Crippen LogP contribution is -2.41. The fraction of sp³-hybridized carbons (Fsp3) is 0.310. The minimum atomic E-state index is -1.58. The highest BCUT2D eigenvalue weighted by Crippen LogP contribution is 2.57. The molecule has 0 amide bonds. The van der Waals surface area contributed by atoms with Gasteiger partial charge in [0.25, 0.3) is 0 Å². The van der Waals surface area contributed by atoms with Gasteiger partial charge in [0.1, 0.15) is 45.9 Å². The van der Waals surface area contributed by atoms with Crippen LogP contribution in [0.4, 0.5) is 0 Å². The van der Waals surface area contributed by atoms with Gasteiger partial charge in [-0.05, 0) is 46.8 Å². The summed E-state index contributed by atoms with van der Waals surface area (Å²) in [6.45, 7) is 8.19. The number of carbonyl (C=O) groups is 3. The van der Waals surface area contributed by atoms with E-state index in [0.717, 1.165) is 11.0 Å². The molecule has 1 aromatic heterocycles. The molecule has 2 aliphatic rings. The first-order valence-electron chi connectivity index (χ1n) is 12.6. The number of Topliss-reactive ketones (excluding diaryl/α,β-unsaturated/α-hetero) is 2. The number of imidazole rings is 1. The predicted molar refractivity (Wildman–Crippen MR) is 142 cm³/mol. The van der Waals surface area contributed by atoms with Crippen LogP contribution in [0, 0.1) is 6.92 Å². The average molecular weight is 532 g/mol. The van der Waals surface area contributed by atoms with Crippen molar-refractivity contribution < 1.29 is 34.4 Å². The maximum absolute atomic E-state index is 13.9. The number of hydrogen-bond donors (Lipinski definition) is 4. The van der Waals surface area contributed by atoms with Crippen molar-refractivity contribution in [3.05, 3.63) is 69.9 Å². The summed E-state index contributed by atoms with van der Waals surface area (Å²) < 4.78 is 7.68. The standard InChI is InChI=1S/C29H29N3O7/c1-13-24(36)22(15(3)33)26-23(25(13)37)29(5)20(39-26)12-19(35)21(27(29)38)14(2)30-10-11-32-18-9-7-6-8-17(18)31-28(32)16(4)34/h6-9,12,16,30,34,36-37H,10-11H2,1-5H3/b21-14+/t16-,29+/m1/s1. The van der Waals surface area contributed by atoms with Gasteiger partial charge >= 0.3 is 0 Å². The van der Waals surface area contributed by atoms with Gasteiger partial charge in [-0.1, -0.05) is 12.1 Å². The van der Waals surface area contributed by atoms with Crippen molar-refractivity contribution in [2.45, 2.75) is 52.7 Å². The summed E-state index contributed by atoms with van der Waals surface area (Å²) in [5.74, 6) is -2.12. The van der Waals surface area contributed by atoms with E-state index >= 15 is 0 Å². The number of ketones is 3. The van der Waals surface area contributed by atoms with Crippen molar-refractivity contribution in [3.8, 4) is 17.2 Å². The monoisotopic (exact) mass is 531 g/mol. The van der Waals surface area contributed by atoms with E-state index in [0.29, 0.717) is 24.6 Å². The zero-order valence-corrected chi connectivity index (χ0v) is 22.2. The van der Waals surface area contributed by atoms with Gasteiger partial charge in [0.2, 0.25) is 0 Å². The van der Waals surface area contributed by atoms with Crippen LogP contribution < -0.4 is 10.1 Å². The number of fused-ring (bicyclic) bond motifs is 4. The van der Waals surface area contributed by atoms with Crippen molar-refractivity contribution in [1.29, 1.82) is 0 Å². The van der Waals surface area contributed by atoms with Gasteiger partial charge in [-0.15, -0.1) is 0 Å². The summed E-state index contributed by atoms with van der Waals surface area (Å²) >= 11 is 0. The topological polar surface area (TPSA) is 151 Å². The van der Waals surface area contributed by atoms with Crippen molar-refractivity contribution >= 4 is 28.4 Å². The van der Waals surface area contributed by atoms with E-state index in [1.54, 1.807) is 13.8 Å². The number of aliphatic hydroxyl groups excluding tert-OH is 1. The second-order valence-electron chi connectivity index (χ2n) is 10.1. The van der Waals surface area contributed by atoms with E-state index in [2.05, 4.69) is 10.3 Å². The molecule has 5 rings (SSSR count). The van der Waals surface area contributed by atoms with Gasteiger partial charge in [-0.2, -0.15) is 0 Å². The first kappa shape index (κ1) is 26.2. The van der Waals surface area contributed by atoms with E-state index < -0.39 is 34.6 Å². The highest BCUT2D eigenvalue weighted by molar-refractivity contribution is 6.31. The summed E-state index contributed by atoms with van der Waals surface area (Å²) in [4.78, 5) is 43.9. The largest absolute Gasteiger partial charge is 0.507 e. The number of hydrogen-bond acceptors (Lipinski definition) is 9. The Kier molecular flexibility index (Phi) is 6.10. The number of ether oxygens (including phenoxy) is 1. The Morgan fingerprint density at radius 3 is 2.54 bits per heavy atom. The molecule has 3 aromatic rings. The van der Waals surface area contributed by atoms with Gasteiger partial charge in [0.05, 0.1) is 22.2 Å². The van der Waals surface area contributed by atoms with Crippen LogP contribution in [-0.4, -0.2) is 48.8 Å². The number of aromatic nitrogens is 2. The number of rotatable bonds is 6. The van der Waals surface area contributed by atoms with E-state index in [1.165, 1.54) is 26.8 Å². The van der Waals surface area contributed by atoms with E-state index in [4.69, 9.17) is 4.74 Å². The van der Waals surface area contributed by atoms with Gasteiger partial charge in [0.15, 0.2) is 17.3 Å². The molecule has 0 bridgehead atoms. The van der Waals surface area contributed by atoms with Crippen LogP contribution in [0.2, 0.25) is 0 Å². The smallest absolute Gasteiger partial charge is 0.194 e. The van der Waals surface area contributed by atoms with Crippen LogP contribution in [0.1, 0.15) is 61.1 Å². The molecule has 0 spiro atoms. The Bertz CT molecular complexity index is 1660. The Balaban J connectivity index is 1.51. The highest BCUT2D eigenvalue weighted by atomic mass is 16.5. The summed E-state index contributed by atoms with van der Waals surface area (Å²) in [5, 5.41) is 34.8. The van der Waals surface area contributed by atoms with Gasteiger partial charge in [-0.25, -0.2) is 4.98 Å². The molecule has 1 aliphatic carbocycles. The molecule has 1 aliphatic heterocycles. The number of nitrogens with zero attached hydrogens (tertiary/aromatic N) is 2. The van der Waals surface area contributed by atoms with Crippen molar-refractivity contribution in [2.75, 3.05) is 6.54 Å². The first-order chi connectivity index (χ1) is 18.4. The fourth-order valence-electron chi connectivity index (χ4n) is 5.45. The van der Waals surface area contributed by atoms with Crippen LogP contribution >= 0.6 is 0 Å². The number of allylic oxidation sites excluding steroid dienone is 4. The lowest BCUT2D eigenvalue weighted by atomic mass is 9.70. The molecule has 0 radical (unpaired) electrons. The number of phenolic OH excluding ortho intramolecular Hbond substituents is 2. The minimum absolute atomic E-state index is 0.0155. The molecule has 2 aromatic carbocycles. The van der Waals surface area contributed by atoms with Gasteiger partial charge in [0, 0.05) is 30.4 Å². The average Bonchev–Trinajstić information content (AvgIpc) is 3.39. The summed E-state index contributed by atoms with van der Waals surface area (Å²) in [7, 11) is 0. The SMILES string of the molecule is CC(=O)c1c(O)c(C)c(O)c2c1OC1=CC(=O)/C(=C(/C)NCCn3c([C@@H](C)O)nc4ccccc43)C(=O)[C@@]12C. The van der Waals surface area contributed by atoms with Crippen molar-refractivity contribution in [3.63, 3.8) is 0 Å². The zero-order valence-electron chi connectivity index (χ0n) is 22.2. The van der Waals surface area contributed by atoms with E-state index in [-0.39, 0.29) is 39.5 Å². The molecule has 39 heavy (non-hydrogen) atoms. The third-order valence-corrected chi connectivity index (χ3v) is 7.54. The van der Waals surface area contributed by atoms with Crippen LogP contribution in [-0.2, 0) is 21.5 Å². The minimum Gasteiger partial charge on any atom is -0.507 e. The normalized spacial score (nSPS) is 20.3. The highest BCUT2D eigenvalue weighted by Gasteiger charge is 2.56. The molecule has 10 heteroatoms. The number of aromatic hydroxyl groups is 2. The van der Waals surface area contributed by atoms with E-state index in [1.807, 2.05) is 28.8 Å². The Morgan fingerprint density at radius 2 is 1.87 bits per heavy atom.